The molecule has 1 aliphatic heterocycles. The average molecular weight is 451 g/mol. The second-order valence-electron chi connectivity index (χ2n) is 8.18. The molecule has 0 bridgehead atoms. The van der Waals surface area contributed by atoms with E-state index < -0.39 is 17.7 Å². The lowest BCUT2D eigenvalue weighted by molar-refractivity contribution is -0.141. The molecule has 2 aromatic heterocycles. The van der Waals surface area contributed by atoms with Gasteiger partial charge >= 0.3 is 5.97 Å². The number of carboxylic acid groups (broad SMARTS) is 1. The van der Waals surface area contributed by atoms with Gasteiger partial charge in [-0.15, -0.1) is 0 Å². The van der Waals surface area contributed by atoms with Crippen LogP contribution in [0.2, 0.25) is 0 Å². The number of hydrogen-bond acceptors (Lipinski definition) is 6. The Morgan fingerprint density at radius 3 is 2.85 bits per heavy atom. The molecule has 3 heterocycles. The van der Waals surface area contributed by atoms with Crippen molar-refractivity contribution in [3.8, 4) is 22.9 Å². The fraction of sp³-hybridized carbons (Fsp3) is 0.360. The Morgan fingerprint density at radius 2 is 2.12 bits per heavy atom. The number of benzene rings is 1. The molecule has 33 heavy (non-hydrogen) atoms. The van der Waals surface area contributed by atoms with E-state index in [1.807, 2.05) is 25.1 Å². The van der Waals surface area contributed by atoms with Crippen LogP contribution in [0.15, 0.2) is 36.7 Å². The van der Waals surface area contributed by atoms with Gasteiger partial charge < -0.3 is 14.6 Å². The van der Waals surface area contributed by atoms with E-state index in [2.05, 4.69) is 9.97 Å². The third kappa shape index (κ3) is 4.79. The molecule has 7 nitrogen and oxygen atoms in total. The first-order valence-corrected chi connectivity index (χ1v) is 11.0. The summed E-state index contributed by atoms with van der Waals surface area (Å²) in [6.07, 6.45) is 5.03. The summed E-state index contributed by atoms with van der Waals surface area (Å²) in [6.45, 7) is 3.64. The lowest BCUT2D eigenvalue weighted by atomic mass is 9.95. The van der Waals surface area contributed by atoms with Gasteiger partial charge in [0.2, 0.25) is 5.88 Å². The average Bonchev–Trinajstić information content (AvgIpc) is 2.83. The van der Waals surface area contributed by atoms with E-state index >= 15 is 0 Å². The molecule has 3 aromatic rings. The lowest BCUT2D eigenvalue weighted by Crippen LogP contribution is -2.18. The maximum Gasteiger partial charge on any atom is 0.306 e. The molecule has 0 aliphatic carbocycles. The standard InChI is InChI=1S/C25H26FN3O4/c1-4-19-24(17-11-23(32-3)27-12-18(17)26)28-13-20(29-19)21-8-7-16-6-5-15(10-22(16)33-21)9-14(2)25(30)31/h5-6,10-14,21H,4,7-9H2,1-3H3,(H,30,31). The number of nitrogens with zero attached hydrogens (tertiary/aromatic N) is 3. The largest absolute Gasteiger partial charge is 0.484 e. The summed E-state index contributed by atoms with van der Waals surface area (Å²) in [5.41, 5.74) is 4.11. The van der Waals surface area contributed by atoms with Crippen molar-refractivity contribution in [1.29, 1.82) is 0 Å². The number of ether oxygens (including phenoxy) is 2. The van der Waals surface area contributed by atoms with Crippen molar-refractivity contribution in [2.75, 3.05) is 7.11 Å². The molecule has 0 saturated carbocycles. The summed E-state index contributed by atoms with van der Waals surface area (Å²) in [7, 11) is 1.48. The van der Waals surface area contributed by atoms with Crippen LogP contribution in [-0.2, 0) is 24.1 Å². The molecule has 0 fully saturated rings. The highest BCUT2D eigenvalue weighted by Gasteiger charge is 2.25. The summed E-state index contributed by atoms with van der Waals surface area (Å²) < 4.78 is 25.8. The fourth-order valence-corrected chi connectivity index (χ4v) is 3.97. The van der Waals surface area contributed by atoms with Gasteiger partial charge in [0, 0.05) is 11.6 Å². The zero-order chi connectivity index (χ0) is 23.5. The molecule has 172 valence electrons. The van der Waals surface area contributed by atoms with E-state index in [4.69, 9.17) is 14.5 Å². The number of aliphatic carboxylic acids is 1. The van der Waals surface area contributed by atoms with Crippen LogP contribution in [0.3, 0.4) is 0 Å². The second kappa shape index (κ2) is 9.52. The highest BCUT2D eigenvalue weighted by molar-refractivity contribution is 5.70. The van der Waals surface area contributed by atoms with Gasteiger partial charge in [-0.1, -0.05) is 26.0 Å². The Labute approximate surface area is 191 Å². The van der Waals surface area contributed by atoms with Gasteiger partial charge in [0.05, 0.1) is 42.5 Å². The fourth-order valence-electron chi connectivity index (χ4n) is 3.97. The quantitative estimate of drug-likeness (QED) is 0.562. The number of halogens is 1. The number of fused-ring (bicyclic) bond motifs is 1. The van der Waals surface area contributed by atoms with E-state index in [1.54, 1.807) is 13.1 Å². The third-order valence-electron chi connectivity index (χ3n) is 5.86. The lowest BCUT2D eigenvalue weighted by Gasteiger charge is -2.26. The molecular formula is C25H26FN3O4. The maximum absolute atomic E-state index is 14.5. The van der Waals surface area contributed by atoms with Crippen LogP contribution in [0.4, 0.5) is 4.39 Å². The van der Waals surface area contributed by atoms with Crippen LogP contribution < -0.4 is 9.47 Å². The predicted molar refractivity (Wildman–Crippen MR) is 120 cm³/mol. The van der Waals surface area contributed by atoms with E-state index in [1.165, 1.54) is 13.2 Å². The smallest absolute Gasteiger partial charge is 0.306 e. The number of methoxy groups -OCH3 is 1. The van der Waals surface area contributed by atoms with E-state index in [0.717, 1.165) is 35.9 Å². The van der Waals surface area contributed by atoms with Gasteiger partial charge in [0.1, 0.15) is 11.9 Å². The number of pyridine rings is 1. The Balaban J connectivity index is 1.60. The first-order chi connectivity index (χ1) is 15.9. The molecule has 1 aromatic carbocycles. The van der Waals surface area contributed by atoms with E-state index in [0.29, 0.717) is 41.4 Å². The molecular weight excluding hydrogens is 425 g/mol. The molecule has 4 rings (SSSR count). The number of hydrogen-bond donors (Lipinski definition) is 1. The van der Waals surface area contributed by atoms with Gasteiger partial charge in [-0.05, 0) is 42.9 Å². The van der Waals surface area contributed by atoms with Crippen LogP contribution >= 0.6 is 0 Å². The van der Waals surface area contributed by atoms with Gasteiger partial charge in [-0.3, -0.25) is 14.8 Å². The van der Waals surface area contributed by atoms with Gasteiger partial charge in [0.15, 0.2) is 5.82 Å². The summed E-state index contributed by atoms with van der Waals surface area (Å²) in [5, 5.41) is 9.19. The Morgan fingerprint density at radius 1 is 1.30 bits per heavy atom. The van der Waals surface area contributed by atoms with Crippen molar-refractivity contribution in [3.63, 3.8) is 0 Å². The number of aryl methyl sites for hydroxylation is 2. The van der Waals surface area contributed by atoms with E-state index in [-0.39, 0.29) is 6.10 Å². The highest BCUT2D eigenvalue weighted by atomic mass is 19.1. The van der Waals surface area contributed by atoms with E-state index in [9.17, 15) is 14.3 Å². The zero-order valence-electron chi connectivity index (χ0n) is 18.8. The normalized spacial score (nSPS) is 15.9. The van der Waals surface area contributed by atoms with Crippen LogP contribution in [-0.4, -0.2) is 33.1 Å². The summed E-state index contributed by atoms with van der Waals surface area (Å²) in [6, 6.07) is 7.40. The van der Waals surface area contributed by atoms with Crippen molar-refractivity contribution in [3.05, 3.63) is 65.0 Å². The van der Waals surface area contributed by atoms with Crippen LogP contribution in [0.5, 0.6) is 11.6 Å². The second-order valence-corrected chi connectivity index (χ2v) is 8.18. The van der Waals surface area contributed by atoms with Crippen molar-refractivity contribution < 1.29 is 23.8 Å². The molecule has 0 amide bonds. The number of rotatable bonds is 7. The molecule has 0 saturated heterocycles. The molecule has 1 aliphatic rings. The van der Waals surface area contributed by atoms with Gasteiger partial charge in [-0.2, -0.15) is 0 Å². The molecule has 0 spiro atoms. The highest BCUT2D eigenvalue weighted by Crippen LogP contribution is 2.36. The van der Waals surface area contributed by atoms with Crippen molar-refractivity contribution in [2.24, 2.45) is 5.92 Å². The first-order valence-electron chi connectivity index (χ1n) is 11.0. The van der Waals surface area contributed by atoms with Gasteiger partial charge in [-0.25, -0.2) is 9.37 Å². The number of aromatic nitrogens is 3. The SMILES string of the molecule is CCc1nc(C2CCc3ccc(CC(C)C(=O)O)cc3O2)cnc1-c1cc(OC)ncc1F. The number of carboxylic acids is 1. The van der Waals surface area contributed by atoms with Crippen molar-refractivity contribution in [1.82, 2.24) is 15.0 Å². The predicted octanol–water partition coefficient (Wildman–Crippen LogP) is 4.58. The maximum atomic E-state index is 14.5. The van der Waals surface area contributed by atoms with Crippen LogP contribution in [0, 0.1) is 11.7 Å². The Bertz CT molecular complexity index is 1180. The molecule has 2 atom stereocenters. The minimum atomic E-state index is -0.822. The molecule has 8 heteroatoms. The summed E-state index contributed by atoms with van der Waals surface area (Å²) in [5.74, 6) is -0.731. The topological polar surface area (TPSA) is 94.4 Å². The molecule has 0 radical (unpaired) electrons. The van der Waals surface area contributed by atoms with Crippen molar-refractivity contribution in [2.45, 2.75) is 45.6 Å². The first kappa shape index (κ1) is 22.6. The van der Waals surface area contributed by atoms with Crippen LogP contribution in [0.1, 0.15) is 48.9 Å². The summed E-state index contributed by atoms with van der Waals surface area (Å²) in [4.78, 5) is 24.4. The Kier molecular flexibility index (Phi) is 6.53. The minimum absolute atomic E-state index is 0.284. The Hall–Kier alpha value is -3.55. The third-order valence-corrected chi connectivity index (χ3v) is 5.86. The number of carbonyl (C=O) groups is 1. The zero-order valence-corrected chi connectivity index (χ0v) is 18.8. The van der Waals surface area contributed by atoms with Gasteiger partial charge in [0.25, 0.3) is 0 Å². The molecule has 1 N–H and O–H groups in total. The monoisotopic (exact) mass is 451 g/mol. The minimum Gasteiger partial charge on any atom is -0.484 e. The van der Waals surface area contributed by atoms with Crippen molar-refractivity contribution >= 4 is 5.97 Å². The van der Waals surface area contributed by atoms with Crippen LogP contribution in [0.25, 0.3) is 11.3 Å². The summed E-state index contributed by atoms with van der Waals surface area (Å²) >= 11 is 0. The molecule has 2 unspecified atom stereocenters.